The van der Waals surface area contributed by atoms with Crippen LogP contribution in [0.15, 0.2) is 11.6 Å². The zero-order valence-electron chi connectivity index (χ0n) is 5.36. The summed E-state index contributed by atoms with van der Waals surface area (Å²) in [6, 6.07) is 0. The van der Waals surface area contributed by atoms with Gasteiger partial charge in [-0.05, 0) is 13.3 Å². The number of carbonyl (C=O) groups is 1. The first kappa shape index (κ1) is 7.00. The van der Waals surface area contributed by atoms with Crippen molar-refractivity contribution in [3.63, 3.8) is 0 Å². The highest BCUT2D eigenvalue weighted by Gasteiger charge is 2.17. The molecule has 0 aromatic rings. The van der Waals surface area contributed by atoms with Crippen LogP contribution in [0.3, 0.4) is 0 Å². The Morgan fingerprint density at radius 3 is 2.67 bits per heavy atom. The number of rotatable bonds is 1. The summed E-state index contributed by atoms with van der Waals surface area (Å²) in [4.78, 5) is 11.2. The van der Waals surface area contributed by atoms with E-state index in [2.05, 4.69) is 15.9 Å². The van der Waals surface area contributed by atoms with E-state index < -0.39 is 0 Å². The molecule has 1 rings (SSSR count). The molecule has 0 radical (unpaired) electrons. The quantitative estimate of drug-likeness (QED) is 0.577. The predicted molar refractivity (Wildman–Crippen MR) is 40.7 cm³/mol. The lowest BCUT2D eigenvalue weighted by molar-refractivity contribution is -0.114. The molecule has 1 aliphatic rings. The van der Waals surface area contributed by atoms with Gasteiger partial charge in [0.05, 0.1) is 0 Å². The minimum atomic E-state index is 0.243. The third-order valence-corrected chi connectivity index (χ3v) is 1.98. The fourth-order valence-electron chi connectivity index (χ4n) is 1.00. The minimum Gasteiger partial charge on any atom is -0.295 e. The standard InChI is InChI=1S/C7H9BrO/c1-5(8)6-3-2-4-7(6)9/h3,5H,2,4H2,1H3. The van der Waals surface area contributed by atoms with Crippen molar-refractivity contribution in [3.05, 3.63) is 11.6 Å². The Morgan fingerprint density at radius 2 is 2.44 bits per heavy atom. The van der Waals surface area contributed by atoms with E-state index in [1.54, 1.807) is 0 Å². The van der Waals surface area contributed by atoms with Crippen LogP contribution in [-0.4, -0.2) is 10.6 Å². The molecule has 50 valence electrons. The van der Waals surface area contributed by atoms with E-state index in [0.717, 1.165) is 12.0 Å². The van der Waals surface area contributed by atoms with E-state index in [9.17, 15) is 4.79 Å². The van der Waals surface area contributed by atoms with Crippen LogP contribution >= 0.6 is 15.9 Å². The highest BCUT2D eigenvalue weighted by molar-refractivity contribution is 9.09. The van der Waals surface area contributed by atoms with Gasteiger partial charge in [-0.3, -0.25) is 4.79 Å². The van der Waals surface area contributed by atoms with Crippen molar-refractivity contribution in [2.45, 2.75) is 24.6 Å². The molecule has 9 heavy (non-hydrogen) atoms. The van der Waals surface area contributed by atoms with Crippen LogP contribution in [0.2, 0.25) is 0 Å². The molecule has 0 aliphatic heterocycles. The van der Waals surface area contributed by atoms with E-state index in [1.807, 2.05) is 13.0 Å². The minimum absolute atomic E-state index is 0.243. The molecular formula is C7H9BrO. The molecule has 1 unspecified atom stereocenters. The maximum Gasteiger partial charge on any atom is 0.159 e. The first-order valence-corrected chi connectivity index (χ1v) is 4.00. The van der Waals surface area contributed by atoms with Crippen molar-refractivity contribution in [2.75, 3.05) is 0 Å². The Bertz CT molecular complexity index is 158. The number of carbonyl (C=O) groups excluding carboxylic acids is 1. The number of alkyl halides is 1. The molecule has 2 heteroatoms. The molecule has 1 aliphatic carbocycles. The van der Waals surface area contributed by atoms with Crippen molar-refractivity contribution >= 4 is 21.7 Å². The van der Waals surface area contributed by atoms with Gasteiger partial charge in [0.25, 0.3) is 0 Å². The van der Waals surface area contributed by atoms with E-state index in [1.165, 1.54) is 0 Å². The number of ketones is 1. The second kappa shape index (κ2) is 2.65. The van der Waals surface area contributed by atoms with E-state index in [0.29, 0.717) is 12.2 Å². The van der Waals surface area contributed by atoms with Crippen LogP contribution < -0.4 is 0 Å². The van der Waals surface area contributed by atoms with E-state index in [-0.39, 0.29) is 4.83 Å². The van der Waals surface area contributed by atoms with Crippen molar-refractivity contribution < 1.29 is 4.79 Å². The van der Waals surface area contributed by atoms with Crippen LogP contribution in [-0.2, 0) is 4.79 Å². The summed E-state index contributed by atoms with van der Waals surface area (Å²) in [6.07, 6.45) is 3.66. The molecule has 0 fully saturated rings. The summed E-state index contributed by atoms with van der Waals surface area (Å²) in [5.74, 6) is 0.305. The molecule has 1 nitrogen and oxygen atoms in total. The van der Waals surface area contributed by atoms with Gasteiger partial charge in [0, 0.05) is 16.8 Å². The van der Waals surface area contributed by atoms with Gasteiger partial charge in [-0.2, -0.15) is 0 Å². The first-order chi connectivity index (χ1) is 4.22. The topological polar surface area (TPSA) is 17.1 Å². The van der Waals surface area contributed by atoms with Crippen LogP contribution in [0.5, 0.6) is 0 Å². The maximum atomic E-state index is 10.9. The van der Waals surface area contributed by atoms with Gasteiger partial charge >= 0.3 is 0 Å². The third kappa shape index (κ3) is 1.42. The van der Waals surface area contributed by atoms with Crippen LogP contribution in [0.1, 0.15) is 19.8 Å². The molecule has 0 saturated heterocycles. The van der Waals surface area contributed by atoms with Gasteiger partial charge < -0.3 is 0 Å². The molecule has 0 amide bonds. The zero-order chi connectivity index (χ0) is 6.85. The average molecular weight is 189 g/mol. The largest absolute Gasteiger partial charge is 0.295 e. The Morgan fingerprint density at radius 1 is 1.78 bits per heavy atom. The van der Waals surface area contributed by atoms with Crippen LogP contribution in [0, 0.1) is 0 Å². The molecule has 1 atom stereocenters. The Hall–Kier alpha value is -0.110. The number of hydrogen-bond donors (Lipinski definition) is 0. The molecule has 0 aromatic carbocycles. The number of hydrogen-bond acceptors (Lipinski definition) is 1. The Balaban J connectivity index is 2.68. The zero-order valence-corrected chi connectivity index (χ0v) is 6.94. The summed E-state index contributed by atoms with van der Waals surface area (Å²) in [5.41, 5.74) is 0.954. The lowest BCUT2D eigenvalue weighted by atomic mass is 10.2. The van der Waals surface area contributed by atoms with Crippen molar-refractivity contribution in [2.24, 2.45) is 0 Å². The number of allylic oxidation sites excluding steroid dienone is 2. The van der Waals surface area contributed by atoms with Gasteiger partial charge in [-0.25, -0.2) is 0 Å². The lowest BCUT2D eigenvalue weighted by Gasteiger charge is -1.99. The Labute approximate surface area is 63.3 Å². The summed E-state index contributed by atoms with van der Waals surface area (Å²) in [7, 11) is 0. The molecule has 0 heterocycles. The monoisotopic (exact) mass is 188 g/mol. The van der Waals surface area contributed by atoms with Gasteiger partial charge in [0.2, 0.25) is 0 Å². The number of Topliss-reactive ketones (excluding diaryl/α,β-unsaturated/α-hetero) is 1. The van der Waals surface area contributed by atoms with Crippen LogP contribution in [0.4, 0.5) is 0 Å². The lowest BCUT2D eigenvalue weighted by Crippen LogP contribution is -2.03. The van der Waals surface area contributed by atoms with Crippen molar-refractivity contribution in [1.82, 2.24) is 0 Å². The van der Waals surface area contributed by atoms with Crippen molar-refractivity contribution in [3.8, 4) is 0 Å². The van der Waals surface area contributed by atoms with Gasteiger partial charge in [0.1, 0.15) is 0 Å². The molecule has 0 bridgehead atoms. The van der Waals surface area contributed by atoms with Gasteiger partial charge in [-0.15, -0.1) is 0 Å². The molecular weight excluding hydrogens is 180 g/mol. The maximum absolute atomic E-state index is 10.9. The smallest absolute Gasteiger partial charge is 0.159 e. The second-order valence-electron chi connectivity index (χ2n) is 2.24. The average Bonchev–Trinajstić information content (AvgIpc) is 2.13. The Kier molecular flexibility index (Phi) is 2.06. The first-order valence-electron chi connectivity index (χ1n) is 3.09. The van der Waals surface area contributed by atoms with Crippen LogP contribution in [0.25, 0.3) is 0 Å². The summed E-state index contributed by atoms with van der Waals surface area (Å²) >= 11 is 3.35. The number of halogens is 1. The van der Waals surface area contributed by atoms with Gasteiger partial charge in [0.15, 0.2) is 5.78 Å². The SMILES string of the molecule is CC(Br)C1=CCCC1=O. The normalized spacial score (nSPS) is 22.0. The summed E-state index contributed by atoms with van der Waals surface area (Å²) in [6.45, 7) is 1.98. The second-order valence-corrected chi connectivity index (χ2v) is 3.61. The summed E-state index contributed by atoms with van der Waals surface area (Å²) in [5, 5.41) is 0. The molecule has 0 saturated carbocycles. The summed E-state index contributed by atoms with van der Waals surface area (Å²) < 4.78 is 0. The van der Waals surface area contributed by atoms with E-state index in [4.69, 9.17) is 0 Å². The van der Waals surface area contributed by atoms with Gasteiger partial charge in [-0.1, -0.05) is 22.0 Å². The molecule has 0 aromatic heterocycles. The highest BCUT2D eigenvalue weighted by Crippen LogP contribution is 2.21. The fourth-order valence-corrected chi connectivity index (χ4v) is 1.44. The predicted octanol–water partition coefficient (Wildman–Crippen LogP) is 2.06. The van der Waals surface area contributed by atoms with Crippen molar-refractivity contribution in [1.29, 1.82) is 0 Å². The molecule has 0 spiro atoms. The molecule has 0 N–H and O–H groups in total. The highest BCUT2D eigenvalue weighted by atomic mass is 79.9. The fraction of sp³-hybridized carbons (Fsp3) is 0.571. The van der Waals surface area contributed by atoms with E-state index >= 15 is 0 Å². The third-order valence-electron chi connectivity index (χ3n) is 1.49.